The van der Waals surface area contributed by atoms with E-state index in [9.17, 15) is 4.79 Å². The van der Waals surface area contributed by atoms with Crippen LogP contribution in [0.2, 0.25) is 0 Å². The van der Waals surface area contributed by atoms with Crippen LogP contribution in [0.15, 0.2) is 24.3 Å². The maximum atomic E-state index is 11.1. The summed E-state index contributed by atoms with van der Waals surface area (Å²) in [5, 5.41) is 16.9. The lowest BCUT2D eigenvalue weighted by Crippen LogP contribution is -2.10. The van der Waals surface area contributed by atoms with Gasteiger partial charge in [-0.2, -0.15) is 0 Å². The molecular formula is C14H17N3O2. The van der Waals surface area contributed by atoms with Crippen molar-refractivity contribution in [3.8, 4) is 0 Å². The van der Waals surface area contributed by atoms with Crippen LogP contribution >= 0.6 is 0 Å². The Morgan fingerprint density at radius 1 is 1.37 bits per heavy atom. The van der Waals surface area contributed by atoms with Gasteiger partial charge < -0.3 is 5.11 Å². The Morgan fingerprint density at radius 2 is 2.11 bits per heavy atom. The first kappa shape index (κ1) is 13.3. The third-order valence-corrected chi connectivity index (χ3v) is 3.11. The second-order valence-corrected chi connectivity index (χ2v) is 4.52. The van der Waals surface area contributed by atoms with E-state index in [0.717, 1.165) is 17.5 Å². The summed E-state index contributed by atoms with van der Waals surface area (Å²) in [5.74, 6) is -1.01. The van der Waals surface area contributed by atoms with Gasteiger partial charge in [-0.05, 0) is 24.5 Å². The van der Waals surface area contributed by atoms with Crippen LogP contribution in [-0.2, 0) is 13.0 Å². The molecule has 0 saturated carbocycles. The van der Waals surface area contributed by atoms with E-state index in [1.807, 2.05) is 38.1 Å². The first-order chi connectivity index (χ1) is 9.13. The molecule has 0 amide bonds. The van der Waals surface area contributed by atoms with Crippen LogP contribution in [0.4, 0.5) is 0 Å². The second kappa shape index (κ2) is 5.65. The van der Waals surface area contributed by atoms with Crippen LogP contribution in [0.5, 0.6) is 0 Å². The predicted octanol–water partition coefficient (Wildman–Crippen LogP) is 2.29. The summed E-state index contributed by atoms with van der Waals surface area (Å²) < 4.78 is 1.69. The number of rotatable bonds is 5. The van der Waals surface area contributed by atoms with Crippen LogP contribution in [0.1, 0.15) is 40.7 Å². The van der Waals surface area contributed by atoms with Crippen LogP contribution in [-0.4, -0.2) is 26.1 Å². The molecule has 0 aliphatic heterocycles. The zero-order valence-electron chi connectivity index (χ0n) is 11.1. The van der Waals surface area contributed by atoms with Crippen molar-refractivity contribution < 1.29 is 9.90 Å². The fourth-order valence-electron chi connectivity index (χ4n) is 2.06. The van der Waals surface area contributed by atoms with E-state index < -0.39 is 5.97 Å². The van der Waals surface area contributed by atoms with Crippen molar-refractivity contribution in [1.82, 2.24) is 15.0 Å². The number of carboxylic acids is 1. The molecular weight excluding hydrogens is 242 g/mol. The Labute approximate surface area is 111 Å². The molecule has 1 aromatic carbocycles. The number of benzene rings is 1. The van der Waals surface area contributed by atoms with Crippen molar-refractivity contribution in [3.63, 3.8) is 0 Å². The molecule has 1 heterocycles. The van der Waals surface area contributed by atoms with Crippen LogP contribution < -0.4 is 0 Å². The number of aryl methyl sites for hydroxylation is 1. The van der Waals surface area contributed by atoms with Gasteiger partial charge in [0, 0.05) is 0 Å². The minimum absolute atomic E-state index is 0.0652. The molecule has 0 aliphatic carbocycles. The van der Waals surface area contributed by atoms with Gasteiger partial charge in [-0.25, -0.2) is 9.48 Å². The lowest BCUT2D eigenvalue weighted by molar-refractivity contribution is 0.0689. The largest absolute Gasteiger partial charge is 0.476 e. The van der Waals surface area contributed by atoms with E-state index in [-0.39, 0.29) is 5.69 Å². The van der Waals surface area contributed by atoms with Crippen molar-refractivity contribution >= 4 is 5.97 Å². The molecule has 0 bridgehead atoms. The summed E-state index contributed by atoms with van der Waals surface area (Å²) in [6, 6.07) is 8.00. The van der Waals surface area contributed by atoms with Crippen molar-refractivity contribution in [2.24, 2.45) is 0 Å². The van der Waals surface area contributed by atoms with Gasteiger partial charge in [0.25, 0.3) is 0 Å². The van der Waals surface area contributed by atoms with Gasteiger partial charge in [-0.3, -0.25) is 0 Å². The molecule has 2 rings (SSSR count). The summed E-state index contributed by atoms with van der Waals surface area (Å²) in [6.07, 6.45) is 1.53. The van der Waals surface area contributed by atoms with E-state index in [1.165, 1.54) is 0 Å². The van der Waals surface area contributed by atoms with E-state index in [2.05, 4.69) is 10.3 Å². The van der Waals surface area contributed by atoms with Gasteiger partial charge in [0.15, 0.2) is 5.69 Å². The Bertz CT molecular complexity index is 590. The van der Waals surface area contributed by atoms with Crippen molar-refractivity contribution in [2.75, 3.05) is 0 Å². The quantitative estimate of drug-likeness (QED) is 0.894. The Kier molecular flexibility index (Phi) is 3.94. The van der Waals surface area contributed by atoms with Gasteiger partial charge >= 0.3 is 5.97 Å². The lowest BCUT2D eigenvalue weighted by atomic mass is 10.1. The Hall–Kier alpha value is -2.17. The highest BCUT2D eigenvalue weighted by molar-refractivity contribution is 5.86. The molecule has 0 saturated heterocycles. The topological polar surface area (TPSA) is 68.0 Å². The zero-order chi connectivity index (χ0) is 13.8. The molecule has 5 nitrogen and oxygen atoms in total. The predicted molar refractivity (Wildman–Crippen MR) is 71.3 cm³/mol. The van der Waals surface area contributed by atoms with E-state index in [4.69, 9.17) is 5.11 Å². The smallest absolute Gasteiger partial charge is 0.358 e. The summed E-state index contributed by atoms with van der Waals surface area (Å²) in [5.41, 5.74) is 3.05. The van der Waals surface area contributed by atoms with Crippen molar-refractivity contribution in [3.05, 3.63) is 46.8 Å². The third-order valence-electron chi connectivity index (χ3n) is 3.11. The summed E-state index contributed by atoms with van der Waals surface area (Å²) >= 11 is 0. The van der Waals surface area contributed by atoms with Gasteiger partial charge in [-0.15, -0.1) is 5.10 Å². The molecule has 2 aromatic rings. The molecule has 1 N–H and O–H groups in total. The maximum Gasteiger partial charge on any atom is 0.358 e. The second-order valence-electron chi connectivity index (χ2n) is 4.52. The first-order valence-corrected chi connectivity index (χ1v) is 6.33. The van der Waals surface area contributed by atoms with Gasteiger partial charge in [-0.1, -0.05) is 42.8 Å². The minimum Gasteiger partial charge on any atom is -0.476 e. The normalized spacial score (nSPS) is 10.6. The summed E-state index contributed by atoms with van der Waals surface area (Å²) in [4.78, 5) is 11.1. The standard InChI is InChI=1S/C14H17N3O2/c1-3-6-12-13(14(18)19)15-16-17(12)9-11-8-5-4-7-10(11)2/h4-5,7-8H,3,6,9H2,1-2H3,(H,18,19). The van der Waals surface area contributed by atoms with Crippen LogP contribution in [0.3, 0.4) is 0 Å². The number of hydrogen-bond donors (Lipinski definition) is 1. The zero-order valence-corrected chi connectivity index (χ0v) is 11.1. The van der Waals surface area contributed by atoms with Crippen molar-refractivity contribution in [1.29, 1.82) is 0 Å². The average Bonchev–Trinajstić information content (AvgIpc) is 2.76. The lowest BCUT2D eigenvalue weighted by Gasteiger charge is -2.08. The molecule has 0 unspecified atom stereocenters. The molecule has 100 valence electrons. The highest BCUT2D eigenvalue weighted by atomic mass is 16.4. The van der Waals surface area contributed by atoms with E-state index in [0.29, 0.717) is 18.7 Å². The van der Waals surface area contributed by atoms with Crippen molar-refractivity contribution in [2.45, 2.75) is 33.2 Å². The number of hydrogen-bond acceptors (Lipinski definition) is 3. The molecule has 0 spiro atoms. The Morgan fingerprint density at radius 3 is 2.74 bits per heavy atom. The number of aromatic nitrogens is 3. The monoisotopic (exact) mass is 259 g/mol. The molecule has 5 heteroatoms. The van der Waals surface area contributed by atoms with Crippen LogP contribution in [0, 0.1) is 6.92 Å². The van der Waals surface area contributed by atoms with Gasteiger partial charge in [0.05, 0.1) is 12.2 Å². The van der Waals surface area contributed by atoms with E-state index >= 15 is 0 Å². The highest BCUT2D eigenvalue weighted by Gasteiger charge is 2.18. The fourth-order valence-corrected chi connectivity index (χ4v) is 2.06. The SMILES string of the molecule is CCCc1c(C(=O)O)nnn1Cc1ccccc1C. The van der Waals surface area contributed by atoms with E-state index in [1.54, 1.807) is 4.68 Å². The molecule has 0 aliphatic rings. The maximum absolute atomic E-state index is 11.1. The minimum atomic E-state index is -1.01. The summed E-state index contributed by atoms with van der Waals surface area (Å²) in [6.45, 7) is 4.60. The highest BCUT2D eigenvalue weighted by Crippen LogP contribution is 2.13. The number of carbonyl (C=O) groups is 1. The molecule has 0 atom stereocenters. The molecule has 19 heavy (non-hydrogen) atoms. The number of carboxylic acid groups (broad SMARTS) is 1. The number of aromatic carboxylic acids is 1. The molecule has 0 fully saturated rings. The first-order valence-electron chi connectivity index (χ1n) is 6.33. The fraction of sp³-hybridized carbons (Fsp3) is 0.357. The van der Waals surface area contributed by atoms with Gasteiger partial charge in [0.2, 0.25) is 0 Å². The number of nitrogens with zero attached hydrogens (tertiary/aromatic N) is 3. The molecule has 0 radical (unpaired) electrons. The third kappa shape index (κ3) is 2.81. The average molecular weight is 259 g/mol. The Balaban J connectivity index is 2.35. The summed E-state index contributed by atoms with van der Waals surface area (Å²) in [7, 11) is 0. The van der Waals surface area contributed by atoms with Gasteiger partial charge in [0.1, 0.15) is 0 Å². The molecule has 1 aromatic heterocycles. The van der Waals surface area contributed by atoms with Crippen LogP contribution in [0.25, 0.3) is 0 Å².